The Kier molecular flexibility index (Phi) is 8.44. The summed E-state index contributed by atoms with van der Waals surface area (Å²) in [5, 5.41) is 11.9. The van der Waals surface area contributed by atoms with Gasteiger partial charge in [-0.15, -0.1) is 13.2 Å². The second kappa shape index (κ2) is 11.8. The number of alkyl halides is 1. The molecule has 3 saturated heterocycles. The molecule has 0 aliphatic carbocycles. The number of aliphatic hydroxyl groups excluding tert-OH is 1. The second-order valence-electron chi connectivity index (χ2n) is 10.6. The third-order valence-electron chi connectivity index (χ3n) is 8.31. The van der Waals surface area contributed by atoms with Crippen molar-refractivity contribution in [3.63, 3.8) is 0 Å². The molecule has 3 heterocycles. The van der Waals surface area contributed by atoms with Crippen molar-refractivity contribution in [2.75, 3.05) is 31.2 Å². The number of β-amino-alcohol motifs (C(OH)–C–C–N with tert-alkyl or cyclic N) is 1. The first-order chi connectivity index (χ1) is 19.4. The first-order valence-electron chi connectivity index (χ1n) is 13.8. The molecular formula is C31H35BrN2O6. The molecule has 2 aromatic rings. The predicted molar refractivity (Wildman–Crippen MR) is 156 cm³/mol. The number of fused-ring (bicyclic) bond motifs is 2. The molecule has 8 nitrogen and oxygen atoms in total. The van der Waals surface area contributed by atoms with Crippen LogP contribution < -0.4 is 4.90 Å². The minimum atomic E-state index is -1.22. The lowest BCUT2D eigenvalue weighted by Gasteiger charge is -2.37. The van der Waals surface area contributed by atoms with Gasteiger partial charge in [-0.05, 0) is 48.6 Å². The molecule has 6 atom stereocenters. The van der Waals surface area contributed by atoms with Crippen molar-refractivity contribution in [1.82, 2.24) is 4.90 Å². The maximum Gasteiger partial charge on any atom is 0.312 e. The number of esters is 1. The molecule has 1 spiro atoms. The molecule has 40 heavy (non-hydrogen) atoms. The summed E-state index contributed by atoms with van der Waals surface area (Å²) >= 11 is 3.67. The number of rotatable bonds is 12. The van der Waals surface area contributed by atoms with E-state index in [1.807, 2.05) is 48.5 Å². The molecule has 9 heteroatoms. The Morgan fingerprint density at radius 1 is 1.18 bits per heavy atom. The van der Waals surface area contributed by atoms with E-state index in [1.165, 1.54) is 4.90 Å². The van der Waals surface area contributed by atoms with Crippen LogP contribution in [-0.4, -0.2) is 76.7 Å². The van der Waals surface area contributed by atoms with Gasteiger partial charge in [0.1, 0.15) is 11.6 Å². The Morgan fingerprint density at radius 2 is 1.95 bits per heavy atom. The number of anilines is 1. The summed E-state index contributed by atoms with van der Waals surface area (Å²) in [5.74, 6) is -2.88. The van der Waals surface area contributed by atoms with Gasteiger partial charge < -0.3 is 24.4 Å². The van der Waals surface area contributed by atoms with Crippen LogP contribution in [0.1, 0.15) is 25.7 Å². The average Bonchev–Trinajstić information content (AvgIpc) is 3.54. The average molecular weight is 612 g/mol. The smallest absolute Gasteiger partial charge is 0.312 e. The van der Waals surface area contributed by atoms with E-state index in [0.29, 0.717) is 18.5 Å². The van der Waals surface area contributed by atoms with Crippen LogP contribution in [0.2, 0.25) is 0 Å². The Morgan fingerprint density at radius 3 is 2.67 bits per heavy atom. The highest BCUT2D eigenvalue weighted by Gasteiger charge is 2.77. The van der Waals surface area contributed by atoms with Crippen molar-refractivity contribution < 1.29 is 29.0 Å². The Labute approximate surface area is 242 Å². The van der Waals surface area contributed by atoms with Crippen molar-refractivity contribution in [3.05, 3.63) is 67.8 Å². The van der Waals surface area contributed by atoms with Gasteiger partial charge in [0.15, 0.2) is 0 Å². The number of unbranched alkanes of at least 4 members (excludes halogenated alkanes) is 2. The fourth-order valence-electron chi connectivity index (χ4n) is 6.63. The topological polar surface area (TPSA) is 96.4 Å². The third kappa shape index (κ3) is 4.78. The van der Waals surface area contributed by atoms with E-state index >= 15 is 0 Å². The second-order valence-corrected chi connectivity index (χ2v) is 11.8. The van der Waals surface area contributed by atoms with Gasteiger partial charge in [-0.25, -0.2) is 0 Å². The van der Waals surface area contributed by atoms with Crippen LogP contribution in [0.25, 0.3) is 10.8 Å². The highest BCUT2D eigenvalue weighted by molar-refractivity contribution is 9.09. The molecule has 0 saturated carbocycles. The van der Waals surface area contributed by atoms with E-state index in [0.717, 1.165) is 23.6 Å². The zero-order valence-electron chi connectivity index (χ0n) is 22.4. The van der Waals surface area contributed by atoms with E-state index in [9.17, 15) is 19.5 Å². The number of amides is 2. The predicted octanol–water partition coefficient (Wildman–Crippen LogP) is 4.00. The number of halogens is 1. The first-order valence-corrected chi connectivity index (χ1v) is 14.7. The summed E-state index contributed by atoms with van der Waals surface area (Å²) in [7, 11) is 0. The Hall–Kier alpha value is -3.01. The SMILES string of the molecule is C=CCCCCOC(=O)[C@H]1[C@@H]2OC3(CC2Br)C(C(=O)N(CC=C)c2ccc4ccccc4c2)N(CCO)C(=O)[C@H]13. The quantitative estimate of drug-likeness (QED) is 0.169. The zero-order valence-corrected chi connectivity index (χ0v) is 24.0. The van der Waals surface area contributed by atoms with Crippen LogP contribution in [0.15, 0.2) is 67.8 Å². The summed E-state index contributed by atoms with van der Waals surface area (Å²) in [4.78, 5) is 44.5. The van der Waals surface area contributed by atoms with Gasteiger partial charge in [-0.1, -0.05) is 58.4 Å². The number of nitrogens with zero attached hydrogens (tertiary/aromatic N) is 2. The van der Waals surface area contributed by atoms with Gasteiger partial charge in [0.25, 0.3) is 5.91 Å². The number of hydrogen-bond acceptors (Lipinski definition) is 6. The highest BCUT2D eigenvalue weighted by atomic mass is 79.9. The number of benzene rings is 2. The van der Waals surface area contributed by atoms with Crippen LogP contribution in [0.4, 0.5) is 5.69 Å². The van der Waals surface area contributed by atoms with Crippen molar-refractivity contribution in [2.45, 2.75) is 48.3 Å². The van der Waals surface area contributed by atoms with Gasteiger partial charge in [0.05, 0.1) is 31.2 Å². The third-order valence-corrected chi connectivity index (χ3v) is 9.15. The summed E-state index contributed by atoms with van der Waals surface area (Å²) in [6, 6.07) is 12.6. The number of likely N-dealkylation sites (tertiary alicyclic amines) is 1. The summed E-state index contributed by atoms with van der Waals surface area (Å²) in [6.07, 6.45) is 5.63. The van der Waals surface area contributed by atoms with Crippen LogP contribution in [0.5, 0.6) is 0 Å². The lowest BCUT2D eigenvalue weighted by Crippen LogP contribution is -2.57. The highest BCUT2D eigenvalue weighted by Crippen LogP contribution is 2.60. The summed E-state index contributed by atoms with van der Waals surface area (Å²) < 4.78 is 12.1. The minimum Gasteiger partial charge on any atom is -0.465 e. The molecular weight excluding hydrogens is 576 g/mol. The molecule has 212 valence electrons. The number of carbonyl (C=O) groups is 3. The van der Waals surface area contributed by atoms with E-state index < -0.39 is 35.6 Å². The Balaban J connectivity index is 1.48. The summed E-state index contributed by atoms with van der Waals surface area (Å²) in [6.45, 7) is 7.65. The van der Waals surface area contributed by atoms with Gasteiger partial charge in [-0.3, -0.25) is 14.4 Å². The first kappa shape index (κ1) is 28.5. The molecule has 3 unspecified atom stereocenters. The number of ether oxygens (including phenoxy) is 2. The fourth-order valence-corrected chi connectivity index (χ4v) is 7.57. The number of carbonyl (C=O) groups excluding carboxylic acids is 3. The molecule has 3 fully saturated rings. The van der Waals surface area contributed by atoms with E-state index in [2.05, 4.69) is 29.1 Å². The van der Waals surface area contributed by atoms with E-state index in [1.54, 1.807) is 11.0 Å². The van der Waals surface area contributed by atoms with Crippen molar-refractivity contribution in [2.24, 2.45) is 11.8 Å². The van der Waals surface area contributed by atoms with Crippen LogP contribution in [-0.2, 0) is 23.9 Å². The molecule has 2 amide bonds. The molecule has 3 aliphatic rings. The van der Waals surface area contributed by atoms with Crippen LogP contribution in [0.3, 0.4) is 0 Å². The standard InChI is InChI=1S/C31H35BrN2O6/c1-3-5-6-9-17-39-30(38)24-25-28(36)34(15-16-35)27(31(25)19-23(32)26(24)40-31)29(37)33(14-4-2)22-13-12-20-10-7-8-11-21(20)18-22/h3-4,7-8,10-13,18,23-27,35H,1-2,5-6,9,14-17,19H2/t23?,24-,25+,26-,27?,31?/m1/s1. The van der Waals surface area contributed by atoms with Crippen molar-refractivity contribution in [1.29, 1.82) is 0 Å². The number of allylic oxidation sites excluding steroid dienone is 1. The zero-order chi connectivity index (χ0) is 28.4. The molecule has 1 N–H and O–H groups in total. The maximum atomic E-state index is 14.5. The fraction of sp³-hybridized carbons (Fsp3) is 0.452. The molecule has 3 aliphatic heterocycles. The number of aliphatic hydroxyl groups is 1. The lowest BCUT2D eigenvalue weighted by atomic mass is 9.70. The molecule has 0 radical (unpaired) electrons. The molecule has 2 aromatic carbocycles. The molecule has 5 rings (SSSR count). The van der Waals surface area contributed by atoms with E-state index in [4.69, 9.17) is 9.47 Å². The van der Waals surface area contributed by atoms with Gasteiger partial charge >= 0.3 is 5.97 Å². The largest absolute Gasteiger partial charge is 0.465 e. The monoisotopic (exact) mass is 610 g/mol. The summed E-state index contributed by atoms with van der Waals surface area (Å²) in [5.41, 5.74) is -0.552. The minimum absolute atomic E-state index is 0.0442. The van der Waals surface area contributed by atoms with Crippen molar-refractivity contribution in [3.8, 4) is 0 Å². The van der Waals surface area contributed by atoms with Gasteiger partial charge in [-0.2, -0.15) is 0 Å². The molecule has 0 aromatic heterocycles. The number of hydrogen-bond donors (Lipinski definition) is 1. The van der Waals surface area contributed by atoms with Gasteiger partial charge in [0.2, 0.25) is 5.91 Å². The lowest BCUT2D eigenvalue weighted by molar-refractivity contribution is -0.155. The van der Waals surface area contributed by atoms with Gasteiger partial charge in [0, 0.05) is 23.6 Å². The maximum absolute atomic E-state index is 14.5. The van der Waals surface area contributed by atoms with Crippen LogP contribution in [0, 0.1) is 11.8 Å². The molecule has 2 bridgehead atoms. The van der Waals surface area contributed by atoms with Crippen LogP contribution >= 0.6 is 15.9 Å². The van der Waals surface area contributed by atoms with Crippen molar-refractivity contribution >= 4 is 50.2 Å². The normalized spacial score (nSPS) is 28.5. The van der Waals surface area contributed by atoms with E-state index in [-0.39, 0.29) is 42.9 Å². The Bertz CT molecular complexity index is 1320.